The van der Waals surface area contributed by atoms with E-state index >= 15 is 0 Å². The second-order valence-corrected chi connectivity index (χ2v) is 10.2. The minimum atomic E-state index is -2.25. The van der Waals surface area contributed by atoms with Crippen LogP contribution in [0, 0.1) is 0 Å². The van der Waals surface area contributed by atoms with E-state index in [-0.39, 0.29) is 0 Å². The molecule has 5 nitrogen and oxygen atoms in total. The van der Waals surface area contributed by atoms with Gasteiger partial charge in [0.05, 0.1) is 0 Å². The first-order valence-corrected chi connectivity index (χ1v) is 11.4. The molecule has 18 heavy (non-hydrogen) atoms. The first-order chi connectivity index (χ1) is 8.30. The van der Waals surface area contributed by atoms with Gasteiger partial charge in [-0.25, -0.2) is 0 Å². The number of hydrogen-bond acceptors (Lipinski definition) is 5. The summed E-state index contributed by atoms with van der Waals surface area (Å²) in [5.74, 6) is 0. The molecule has 112 valence electrons. The van der Waals surface area contributed by atoms with Crippen molar-refractivity contribution in [1.82, 2.24) is 0 Å². The number of hydrogen-bond donors (Lipinski definition) is 0. The molecule has 0 amide bonds. The van der Waals surface area contributed by atoms with Crippen LogP contribution >= 0.6 is 0 Å². The van der Waals surface area contributed by atoms with Crippen LogP contribution < -0.4 is 0 Å². The second kappa shape index (κ2) is 11.1. The molecule has 0 heterocycles. The molecule has 0 aromatic rings. The van der Waals surface area contributed by atoms with Gasteiger partial charge in [0.2, 0.25) is 0 Å². The lowest BCUT2D eigenvalue weighted by Crippen LogP contribution is -2.42. The highest BCUT2D eigenvalue weighted by atomic mass is 28.4. The van der Waals surface area contributed by atoms with E-state index < -0.39 is 17.4 Å². The van der Waals surface area contributed by atoms with Gasteiger partial charge in [-0.1, -0.05) is 0 Å². The van der Waals surface area contributed by atoms with Gasteiger partial charge in [-0.3, -0.25) is 0 Å². The Morgan fingerprint density at radius 3 is 1.06 bits per heavy atom. The summed E-state index contributed by atoms with van der Waals surface area (Å²) in [5, 5.41) is 0. The maximum absolute atomic E-state index is 5.40. The van der Waals surface area contributed by atoms with Crippen LogP contribution in [0.4, 0.5) is 0 Å². The van der Waals surface area contributed by atoms with Gasteiger partial charge < -0.3 is 22.1 Å². The third kappa shape index (κ3) is 11.3. The molecule has 0 bridgehead atoms. The second-order valence-electron chi connectivity index (χ2n) is 3.97. The third-order valence-electron chi connectivity index (χ3n) is 2.20. The van der Waals surface area contributed by atoms with E-state index in [1.165, 1.54) is 0 Å². The highest BCUT2D eigenvalue weighted by molar-refractivity contribution is 6.64. The van der Waals surface area contributed by atoms with Gasteiger partial charge >= 0.3 is 17.4 Å². The van der Waals surface area contributed by atoms with Crippen molar-refractivity contribution in [3.05, 3.63) is 0 Å². The molecule has 0 spiro atoms. The molecule has 0 aliphatic carbocycles. The fraction of sp³-hybridized carbons (Fsp3) is 1.00. The minimum absolute atomic E-state index is 0.655. The smallest absolute Gasteiger partial charge is 0.398 e. The normalized spacial score (nSPS) is 12.0. The lowest BCUT2D eigenvalue weighted by molar-refractivity contribution is 0.0783. The Balaban J connectivity index is 0. The van der Waals surface area contributed by atoms with Gasteiger partial charge in [-0.05, 0) is 33.9 Å². The highest BCUT2D eigenvalue weighted by Gasteiger charge is 2.32. The Morgan fingerprint density at radius 2 is 0.944 bits per heavy atom. The molecule has 0 aromatic carbocycles. The van der Waals surface area contributed by atoms with Gasteiger partial charge in [-0.2, -0.15) is 0 Å². The summed E-state index contributed by atoms with van der Waals surface area (Å²) in [7, 11) is -0.548. The van der Waals surface area contributed by atoms with Crippen molar-refractivity contribution in [2.24, 2.45) is 0 Å². The molecular weight excluding hydrogens is 268 g/mol. The molecule has 0 saturated carbocycles. The summed E-state index contributed by atoms with van der Waals surface area (Å²) < 4.78 is 26.2. The lowest BCUT2D eigenvalue weighted by Gasteiger charge is -2.23. The summed E-state index contributed by atoms with van der Waals surface area (Å²) >= 11 is 0. The van der Waals surface area contributed by atoms with Crippen molar-refractivity contribution < 1.29 is 22.1 Å². The van der Waals surface area contributed by atoms with Gasteiger partial charge in [0.15, 0.2) is 0 Å². The maximum Gasteiger partial charge on any atom is 0.497 e. The van der Waals surface area contributed by atoms with Crippen molar-refractivity contribution in [3.8, 4) is 0 Å². The molecule has 0 N–H and O–H groups in total. The largest absolute Gasteiger partial charge is 0.497 e. The molecule has 0 aromatic heterocycles. The predicted molar refractivity (Wildman–Crippen MR) is 78.0 cm³/mol. The van der Waals surface area contributed by atoms with Crippen LogP contribution in [-0.4, -0.2) is 51.4 Å². The average Bonchev–Trinajstić information content (AvgIpc) is 2.31. The quantitative estimate of drug-likeness (QED) is 0.645. The SMILES string of the molecule is CCO[Si](C)(OCC)OCC.CO[Si](C)(C)OC. The topological polar surface area (TPSA) is 46.2 Å². The Labute approximate surface area is 114 Å². The third-order valence-corrected chi connectivity index (χ3v) is 6.61. The van der Waals surface area contributed by atoms with E-state index in [0.29, 0.717) is 19.8 Å². The maximum atomic E-state index is 5.40. The van der Waals surface area contributed by atoms with Crippen molar-refractivity contribution >= 4 is 17.4 Å². The van der Waals surface area contributed by atoms with Gasteiger partial charge in [-0.15, -0.1) is 0 Å². The standard InChI is InChI=1S/C7H18O3Si.C4H12O2Si/c1-5-8-11(4,9-6-2)10-7-3;1-5-7(3,4)6-2/h5-7H2,1-4H3;1-4H3. The zero-order chi connectivity index (χ0) is 14.7. The molecule has 7 heteroatoms. The summed E-state index contributed by atoms with van der Waals surface area (Å²) in [6.07, 6.45) is 0. The highest BCUT2D eigenvalue weighted by Crippen LogP contribution is 2.08. The van der Waals surface area contributed by atoms with Crippen molar-refractivity contribution in [2.75, 3.05) is 34.0 Å². The molecule has 0 aliphatic rings. The van der Waals surface area contributed by atoms with Crippen LogP contribution in [0.1, 0.15) is 20.8 Å². The van der Waals surface area contributed by atoms with E-state index in [1.807, 2.05) is 40.4 Å². The molecule has 0 aliphatic heterocycles. The van der Waals surface area contributed by atoms with Gasteiger partial charge in [0.1, 0.15) is 0 Å². The Hall–Kier alpha value is 0.234. The van der Waals surface area contributed by atoms with E-state index in [9.17, 15) is 0 Å². The zero-order valence-corrected chi connectivity index (χ0v) is 15.2. The van der Waals surface area contributed by atoms with Crippen LogP contribution in [0.5, 0.6) is 0 Å². The van der Waals surface area contributed by atoms with Crippen LogP contribution in [0.25, 0.3) is 0 Å². The number of rotatable bonds is 8. The molecule has 0 unspecified atom stereocenters. The average molecular weight is 299 g/mol. The van der Waals surface area contributed by atoms with E-state index in [4.69, 9.17) is 22.1 Å². The van der Waals surface area contributed by atoms with E-state index in [0.717, 1.165) is 0 Å². The summed E-state index contributed by atoms with van der Waals surface area (Å²) in [5.41, 5.74) is 0. The van der Waals surface area contributed by atoms with E-state index in [2.05, 4.69) is 0 Å². The fourth-order valence-corrected chi connectivity index (χ4v) is 2.98. The first kappa shape index (κ1) is 20.5. The van der Waals surface area contributed by atoms with Crippen molar-refractivity contribution in [1.29, 1.82) is 0 Å². The van der Waals surface area contributed by atoms with Gasteiger partial charge in [0.25, 0.3) is 0 Å². The molecular formula is C11H30O5Si2. The summed E-state index contributed by atoms with van der Waals surface area (Å²) in [4.78, 5) is 0. The molecule has 0 atom stereocenters. The first-order valence-electron chi connectivity index (χ1n) is 6.32. The van der Waals surface area contributed by atoms with E-state index in [1.54, 1.807) is 14.2 Å². The predicted octanol–water partition coefficient (Wildman–Crippen LogP) is 2.65. The van der Waals surface area contributed by atoms with Crippen LogP contribution in [0.3, 0.4) is 0 Å². The van der Waals surface area contributed by atoms with Gasteiger partial charge in [0, 0.05) is 40.6 Å². The van der Waals surface area contributed by atoms with Crippen LogP contribution in [0.2, 0.25) is 19.6 Å². The molecule has 0 fully saturated rings. The Morgan fingerprint density at radius 1 is 0.667 bits per heavy atom. The molecule has 0 radical (unpaired) electrons. The summed E-state index contributed by atoms with van der Waals surface area (Å²) in [6, 6.07) is 0. The van der Waals surface area contributed by atoms with Crippen molar-refractivity contribution in [3.63, 3.8) is 0 Å². The lowest BCUT2D eigenvalue weighted by atomic mass is 10.9. The van der Waals surface area contributed by atoms with Crippen LogP contribution in [-0.2, 0) is 22.1 Å². The monoisotopic (exact) mass is 298 g/mol. The molecule has 0 rings (SSSR count). The summed E-state index contributed by atoms with van der Waals surface area (Å²) in [6.45, 7) is 13.7. The Bertz CT molecular complexity index is 167. The fourth-order valence-electron chi connectivity index (χ4n) is 0.995. The zero-order valence-electron chi connectivity index (χ0n) is 13.2. The van der Waals surface area contributed by atoms with Crippen molar-refractivity contribution in [2.45, 2.75) is 40.4 Å². The molecule has 0 saturated heterocycles. The van der Waals surface area contributed by atoms with Crippen LogP contribution in [0.15, 0.2) is 0 Å². The minimum Gasteiger partial charge on any atom is -0.398 e. The Kier molecular flexibility index (Phi) is 12.7.